The van der Waals surface area contributed by atoms with Gasteiger partial charge < -0.3 is 4.74 Å². The molecule has 0 spiro atoms. The SMILES string of the molecule is C=C(C(=O)OC(C)(C)C)c1ccc(C(=O)c2ccccc2)cc1. The zero-order valence-corrected chi connectivity index (χ0v) is 13.6. The van der Waals surface area contributed by atoms with Crippen LogP contribution in [0.4, 0.5) is 0 Å². The third-order valence-corrected chi connectivity index (χ3v) is 3.18. The molecule has 0 amide bonds. The molecule has 2 aromatic rings. The van der Waals surface area contributed by atoms with E-state index in [2.05, 4.69) is 6.58 Å². The van der Waals surface area contributed by atoms with Gasteiger partial charge in [0.1, 0.15) is 5.60 Å². The van der Waals surface area contributed by atoms with E-state index in [1.165, 1.54) is 0 Å². The third kappa shape index (κ3) is 4.39. The summed E-state index contributed by atoms with van der Waals surface area (Å²) < 4.78 is 5.30. The van der Waals surface area contributed by atoms with E-state index in [0.717, 1.165) is 0 Å². The maximum Gasteiger partial charge on any atom is 0.338 e. The van der Waals surface area contributed by atoms with Crippen LogP contribution in [0.25, 0.3) is 5.57 Å². The van der Waals surface area contributed by atoms with Crippen LogP contribution in [-0.4, -0.2) is 17.4 Å². The molecule has 0 aliphatic carbocycles. The first-order valence-corrected chi connectivity index (χ1v) is 7.40. The summed E-state index contributed by atoms with van der Waals surface area (Å²) in [5, 5.41) is 0. The molecular formula is C20H20O3. The lowest BCUT2D eigenvalue weighted by Gasteiger charge is -2.20. The van der Waals surface area contributed by atoms with Crippen LogP contribution < -0.4 is 0 Å². The highest BCUT2D eigenvalue weighted by Gasteiger charge is 2.19. The highest BCUT2D eigenvalue weighted by atomic mass is 16.6. The summed E-state index contributed by atoms with van der Waals surface area (Å²) in [5.74, 6) is -0.514. The van der Waals surface area contributed by atoms with E-state index in [-0.39, 0.29) is 11.4 Å². The Morgan fingerprint density at radius 1 is 0.826 bits per heavy atom. The zero-order chi connectivity index (χ0) is 17.0. The molecule has 118 valence electrons. The predicted octanol–water partition coefficient (Wildman–Crippen LogP) is 4.27. The molecule has 2 rings (SSSR count). The fourth-order valence-electron chi connectivity index (χ4n) is 2.04. The highest BCUT2D eigenvalue weighted by Crippen LogP contribution is 2.19. The molecule has 0 saturated carbocycles. The van der Waals surface area contributed by atoms with Crippen molar-refractivity contribution in [1.29, 1.82) is 0 Å². The topological polar surface area (TPSA) is 43.4 Å². The average molecular weight is 308 g/mol. The Bertz CT molecular complexity index is 720. The van der Waals surface area contributed by atoms with Gasteiger partial charge in [0.2, 0.25) is 0 Å². The van der Waals surface area contributed by atoms with Gasteiger partial charge in [-0.3, -0.25) is 4.79 Å². The van der Waals surface area contributed by atoms with Crippen molar-refractivity contribution in [3.05, 3.63) is 77.9 Å². The number of carbonyl (C=O) groups is 2. The summed E-state index contributed by atoms with van der Waals surface area (Å²) in [7, 11) is 0. The number of ether oxygens (including phenoxy) is 1. The standard InChI is InChI=1S/C20H20O3/c1-14(19(22)23-20(2,3)4)15-10-12-17(13-11-15)18(21)16-8-6-5-7-9-16/h5-13H,1H2,2-4H3. The number of carbonyl (C=O) groups excluding carboxylic acids is 2. The van der Waals surface area contributed by atoms with Gasteiger partial charge >= 0.3 is 5.97 Å². The van der Waals surface area contributed by atoms with Crippen molar-refractivity contribution in [3.63, 3.8) is 0 Å². The maximum absolute atomic E-state index is 12.3. The molecule has 3 heteroatoms. The second-order valence-corrected chi connectivity index (χ2v) is 6.25. The Kier molecular flexibility index (Phi) is 4.80. The molecule has 0 heterocycles. The van der Waals surface area contributed by atoms with Crippen LogP contribution in [0.5, 0.6) is 0 Å². The van der Waals surface area contributed by atoms with Gasteiger partial charge in [-0.1, -0.05) is 61.2 Å². The van der Waals surface area contributed by atoms with Crippen molar-refractivity contribution >= 4 is 17.3 Å². The smallest absolute Gasteiger partial charge is 0.338 e. The van der Waals surface area contributed by atoms with E-state index in [1.54, 1.807) is 57.2 Å². The van der Waals surface area contributed by atoms with E-state index < -0.39 is 11.6 Å². The number of hydrogen-bond donors (Lipinski definition) is 0. The van der Waals surface area contributed by atoms with Crippen LogP contribution in [0.1, 0.15) is 42.3 Å². The molecule has 0 bridgehead atoms. The van der Waals surface area contributed by atoms with Gasteiger partial charge in [-0.05, 0) is 26.3 Å². The predicted molar refractivity (Wildman–Crippen MR) is 91.2 cm³/mol. The minimum atomic E-state index is -0.566. The van der Waals surface area contributed by atoms with Crippen LogP contribution in [0, 0.1) is 0 Å². The average Bonchev–Trinajstić information content (AvgIpc) is 2.53. The molecule has 0 unspecified atom stereocenters. The monoisotopic (exact) mass is 308 g/mol. The lowest BCUT2D eigenvalue weighted by molar-refractivity contribution is -0.147. The van der Waals surface area contributed by atoms with E-state index >= 15 is 0 Å². The fourth-order valence-corrected chi connectivity index (χ4v) is 2.04. The molecule has 0 saturated heterocycles. The summed E-state index contributed by atoms with van der Waals surface area (Å²) in [4.78, 5) is 24.3. The lowest BCUT2D eigenvalue weighted by atomic mass is 10.00. The zero-order valence-electron chi connectivity index (χ0n) is 13.6. The van der Waals surface area contributed by atoms with Crippen molar-refractivity contribution in [2.24, 2.45) is 0 Å². The van der Waals surface area contributed by atoms with E-state index in [4.69, 9.17) is 4.74 Å². The van der Waals surface area contributed by atoms with E-state index in [0.29, 0.717) is 16.7 Å². The number of rotatable bonds is 4. The Morgan fingerprint density at radius 2 is 1.30 bits per heavy atom. The molecule has 0 aromatic heterocycles. The second-order valence-electron chi connectivity index (χ2n) is 6.25. The van der Waals surface area contributed by atoms with Gasteiger partial charge in [0.05, 0.1) is 5.57 Å². The summed E-state index contributed by atoms with van der Waals surface area (Å²) in [5.41, 5.74) is 1.55. The van der Waals surface area contributed by atoms with Crippen LogP contribution in [0.3, 0.4) is 0 Å². The molecule has 3 nitrogen and oxygen atoms in total. The van der Waals surface area contributed by atoms with Crippen molar-refractivity contribution in [2.75, 3.05) is 0 Å². The van der Waals surface area contributed by atoms with E-state index in [1.807, 2.05) is 18.2 Å². The Balaban J connectivity index is 2.15. The Hall–Kier alpha value is -2.68. The third-order valence-electron chi connectivity index (χ3n) is 3.18. The van der Waals surface area contributed by atoms with Crippen molar-refractivity contribution < 1.29 is 14.3 Å². The highest BCUT2D eigenvalue weighted by molar-refractivity contribution is 6.16. The molecule has 0 aliphatic rings. The first kappa shape index (κ1) is 16.7. The molecule has 0 fully saturated rings. The van der Waals surface area contributed by atoms with Crippen molar-refractivity contribution in [3.8, 4) is 0 Å². The van der Waals surface area contributed by atoms with Gasteiger partial charge in [0.25, 0.3) is 0 Å². The molecule has 2 aromatic carbocycles. The van der Waals surface area contributed by atoms with Crippen LogP contribution >= 0.6 is 0 Å². The lowest BCUT2D eigenvalue weighted by Crippen LogP contribution is -2.24. The Morgan fingerprint density at radius 3 is 1.83 bits per heavy atom. The normalized spacial score (nSPS) is 10.9. The van der Waals surface area contributed by atoms with Crippen LogP contribution in [0.15, 0.2) is 61.2 Å². The van der Waals surface area contributed by atoms with Crippen LogP contribution in [-0.2, 0) is 9.53 Å². The van der Waals surface area contributed by atoms with Crippen LogP contribution in [0.2, 0.25) is 0 Å². The minimum Gasteiger partial charge on any atom is -0.456 e. The summed E-state index contributed by atoms with van der Waals surface area (Å²) in [6, 6.07) is 15.9. The van der Waals surface area contributed by atoms with Gasteiger partial charge in [-0.25, -0.2) is 4.79 Å². The van der Waals surface area contributed by atoms with Gasteiger partial charge in [-0.15, -0.1) is 0 Å². The molecule has 23 heavy (non-hydrogen) atoms. The molecule has 0 radical (unpaired) electrons. The number of hydrogen-bond acceptors (Lipinski definition) is 3. The molecular weight excluding hydrogens is 288 g/mol. The number of benzene rings is 2. The van der Waals surface area contributed by atoms with Gasteiger partial charge in [0.15, 0.2) is 5.78 Å². The van der Waals surface area contributed by atoms with Crippen molar-refractivity contribution in [2.45, 2.75) is 26.4 Å². The van der Waals surface area contributed by atoms with Gasteiger partial charge in [0, 0.05) is 11.1 Å². The quantitative estimate of drug-likeness (QED) is 0.481. The first-order chi connectivity index (χ1) is 10.8. The number of esters is 1. The minimum absolute atomic E-state index is 0.0555. The van der Waals surface area contributed by atoms with E-state index in [9.17, 15) is 9.59 Å². The summed E-state index contributed by atoms with van der Waals surface area (Å²) in [6.07, 6.45) is 0. The summed E-state index contributed by atoms with van der Waals surface area (Å²) in [6.45, 7) is 9.20. The van der Waals surface area contributed by atoms with Gasteiger partial charge in [-0.2, -0.15) is 0 Å². The second kappa shape index (κ2) is 6.61. The van der Waals surface area contributed by atoms with Crippen molar-refractivity contribution in [1.82, 2.24) is 0 Å². The first-order valence-electron chi connectivity index (χ1n) is 7.40. The Labute approximate surface area is 136 Å². The molecule has 0 aliphatic heterocycles. The maximum atomic E-state index is 12.3. The fraction of sp³-hybridized carbons (Fsp3) is 0.200. The molecule has 0 N–H and O–H groups in total. The summed E-state index contributed by atoms with van der Waals surface area (Å²) >= 11 is 0. The largest absolute Gasteiger partial charge is 0.456 e. The number of ketones is 1. The molecule has 0 atom stereocenters.